The summed E-state index contributed by atoms with van der Waals surface area (Å²) in [6.45, 7) is 17.3. The minimum Gasteiger partial charge on any atom is -0.668 e. The van der Waals surface area contributed by atoms with Crippen molar-refractivity contribution in [3.8, 4) is 0 Å². The minimum atomic E-state index is -1.11. The molecule has 0 saturated carbocycles. The largest absolute Gasteiger partial charge is 1.00 e. The molecule has 3 N–H and O–H groups in total. The summed E-state index contributed by atoms with van der Waals surface area (Å²) in [4.78, 5) is 10.0. The summed E-state index contributed by atoms with van der Waals surface area (Å²) in [6, 6.07) is -0.713. The van der Waals surface area contributed by atoms with Crippen molar-refractivity contribution in [1.29, 1.82) is 0 Å². The molecule has 0 fully saturated rings. The smallest absolute Gasteiger partial charge is 0.668 e. The number of rotatable bonds is 4. The van der Waals surface area contributed by atoms with Crippen LogP contribution in [-0.2, 0) is 4.79 Å². The van der Waals surface area contributed by atoms with Gasteiger partial charge in [0.2, 0.25) is 0 Å². The Hall–Kier alpha value is 0.421. The van der Waals surface area contributed by atoms with E-state index in [1.165, 1.54) is 0 Å². The van der Waals surface area contributed by atoms with Gasteiger partial charge in [-0.2, -0.15) is 0 Å². The van der Waals surface area contributed by atoms with Crippen LogP contribution in [-0.4, -0.2) is 33.6 Å². The number of hydrogen-bond donors (Lipinski definition) is 2. The molecule has 104 valence electrons. The van der Waals surface area contributed by atoms with Crippen molar-refractivity contribution in [2.75, 3.05) is 0 Å². The number of carbonyl (C=O) groups is 1. The van der Waals surface area contributed by atoms with Gasteiger partial charge in [-0.1, -0.05) is 69.6 Å². The molecule has 0 bridgehead atoms. The fraction of sp³-hybridized carbons (Fsp3) is 0.909. The Balaban J connectivity index is -0.000000238. The molecule has 0 aromatic carbocycles. The fourth-order valence-corrected chi connectivity index (χ4v) is 9.34. The van der Waals surface area contributed by atoms with Gasteiger partial charge >= 0.3 is 24.8 Å². The number of nitrogens with two attached hydrogens (primary N) is 1. The van der Waals surface area contributed by atoms with Gasteiger partial charge in [0, 0.05) is 0 Å². The number of hydrogen-bond acceptors (Lipinski definition) is 2. The van der Waals surface area contributed by atoms with E-state index >= 15 is 0 Å². The van der Waals surface area contributed by atoms with Crippen LogP contribution in [0.25, 0.3) is 4.65 Å². The molecule has 0 aromatic rings. The van der Waals surface area contributed by atoms with E-state index in [2.05, 4.69) is 39.3 Å². The average molecular weight is 284 g/mol. The summed E-state index contributed by atoms with van der Waals surface area (Å²) in [5, 5.41) is 8.23. The van der Waals surface area contributed by atoms with Crippen molar-refractivity contribution in [2.45, 2.75) is 59.2 Å². The van der Waals surface area contributed by atoms with Crippen LogP contribution < -0.4 is 24.6 Å². The quantitative estimate of drug-likeness (QED) is 0.718. The molecular formula is C11H29LiN2O2Si2. The summed E-state index contributed by atoms with van der Waals surface area (Å²) in [7, 11) is -2.21. The van der Waals surface area contributed by atoms with Gasteiger partial charge in [-0.05, 0) is 5.92 Å². The topological polar surface area (TPSA) is 77.4 Å². The first-order valence-corrected chi connectivity index (χ1v) is 12.9. The molecule has 0 aliphatic rings. The predicted molar refractivity (Wildman–Crippen MR) is 80.5 cm³/mol. The third kappa shape index (κ3) is 18.8. The van der Waals surface area contributed by atoms with Crippen LogP contribution in [0.15, 0.2) is 0 Å². The Morgan fingerprint density at radius 1 is 1.06 bits per heavy atom. The molecule has 0 unspecified atom stereocenters. The number of aliphatic carboxylic acids is 1. The Bertz CT molecular complexity index is 226. The summed E-state index contributed by atoms with van der Waals surface area (Å²) in [5.41, 5.74) is 5.16. The molecule has 18 heavy (non-hydrogen) atoms. The van der Waals surface area contributed by atoms with Crippen molar-refractivity contribution < 1.29 is 28.8 Å². The van der Waals surface area contributed by atoms with Gasteiger partial charge < -0.3 is 15.5 Å². The van der Waals surface area contributed by atoms with E-state index in [9.17, 15) is 4.79 Å². The maximum absolute atomic E-state index is 10.0. The van der Waals surface area contributed by atoms with E-state index in [1.807, 2.05) is 0 Å². The summed E-state index contributed by atoms with van der Waals surface area (Å²) in [6.07, 6.45) is 0. The number of carboxylic acids is 1. The zero-order valence-electron chi connectivity index (χ0n) is 13.5. The van der Waals surface area contributed by atoms with E-state index < -0.39 is 28.5 Å². The van der Waals surface area contributed by atoms with E-state index in [-0.39, 0.29) is 24.8 Å². The molecular weight excluding hydrogens is 255 g/mol. The second kappa shape index (κ2) is 9.34. The normalized spacial score (nSPS) is 13.2. The molecule has 0 radical (unpaired) electrons. The van der Waals surface area contributed by atoms with E-state index in [0.29, 0.717) is 0 Å². The Kier molecular flexibility index (Phi) is 12.2. The number of nitrogens with zero attached hydrogens (tertiary/aromatic N) is 1. The second-order valence-corrected chi connectivity index (χ2v) is 16.1. The molecule has 0 aliphatic carbocycles. The van der Waals surface area contributed by atoms with Gasteiger partial charge in [0.25, 0.3) is 0 Å². The Morgan fingerprint density at radius 2 is 1.33 bits per heavy atom. The van der Waals surface area contributed by atoms with Crippen molar-refractivity contribution in [3.63, 3.8) is 0 Å². The van der Waals surface area contributed by atoms with E-state index in [4.69, 9.17) is 15.5 Å². The minimum absolute atomic E-state index is 0. The van der Waals surface area contributed by atoms with Crippen LogP contribution in [0.3, 0.4) is 0 Å². The Labute approximate surface area is 126 Å². The number of carboxylic acid groups (broad SMARTS) is 1. The SMILES string of the molecule is CC(C)[C@H](N)C(=O)O.C[Si](C)(C)[N-][Si](C)(C)C.[Li+]. The van der Waals surface area contributed by atoms with Crippen molar-refractivity contribution in [2.24, 2.45) is 11.7 Å². The summed E-state index contributed by atoms with van der Waals surface area (Å²) in [5.74, 6) is -0.910. The predicted octanol–water partition coefficient (Wildman–Crippen LogP) is 0.0882. The summed E-state index contributed by atoms with van der Waals surface area (Å²) >= 11 is 0. The fourth-order valence-electron chi connectivity index (χ4n) is 1.29. The molecule has 0 saturated heterocycles. The molecule has 7 heteroatoms. The maximum atomic E-state index is 10.0. The van der Waals surface area contributed by atoms with Gasteiger partial charge in [0.05, 0.1) is 0 Å². The molecule has 0 spiro atoms. The third-order valence-corrected chi connectivity index (χ3v) is 7.04. The van der Waals surface area contributed by atoms with Crippen molar-refractivity contribution >= 4 is 22.4 Å². The standard InChI is InChI=1S/C6H18NSi2.C5H11NO2.Li/c1-8(2,3)7-9(4,5)6;1-3(2)4(6)5(7)8;/h1-6H3;3-4H,6H2,1-2H3,(H,7,8);/q-1;;+1/t;4-;/m.0./s1. The van der Waals surface area contributed by atoms with Gasteiger partial charge in [-0.3, -0.25) is 4.79 Å². The van der Waals surface area contributed by atoms with Crippen LogP contribution >= 0.6 is 0 Å². The first-order valence-electron chi connectivity index (χ1n) is 5.98. The van der Waals surface area contributed by atoms with Gasteiger partial charge in [0.1, 0.15) is 6.04 Å². The van der Waals surface area contributed by atoms with E-state index in [1.54, 1.807) is 13.8 Å². The second-order valence-electron chi connectivity index (χ2n) is 6.56. The van der Waals surface area contributed by atoms with Crippen LogP contribution in [0.5, 0.6) is 0 Å². The van der Waals surface area contributed by atoms with Crippen LogP contribution in [0, 0.1) is 5.92 Å². The maximum Gasteiger partial charge on any atom is 1.00 e. The third-order valence-electron chi connectivity index (χ3n) is 1.67. The van der Waals surface area contributed by atoms with Gasteiger partial charge in [0.15, 0.2) is 0 Å². The first-order chi connectivity index (χ1) is 7.26. The molecule has 1 atom stereocenters. The van der Waals surface area contributed by atoms with Crippen LogP contribution in [0.2, 0.25) is 39.3 Å². The molecule has 0 rings (SSSR count). The van der Waals surface area contributed by atoms with Gasteiger partial charge in [-0.25, -0.2) is 0 Å². The molecule has 0 heterocycles. The zero-order chi connectivity index (χ0) is 14.4. The van der Waals surface area contributed by atoms with Crippen molar-refractivity contribution in [3.05, 3.63) is 4.65 Å². The molecule has 0 amide bonds. The van der Waals surface area contributed by atoms with E-state index in [0.717, 1.165) is 0 Å². The van der Waals surface area contributed by atoms with Crippen molar-refractivity contribution in [1.82, 2.24) is 0 Å². The zero-order valence-corrected chi connectivity index (χ0v) is 15.5. The van der Waals surface area contributed by atoms with Gasteiger partial charge in [-0.15, -0.1) is 0 Å². The van der Waals surface area contributed by atoms with Crippen LogP contribution in [0.4, 0.5) is 0 Å². The molecule has 0 aliphatic heterocycles. The Morgan fingerprint density at radius 3 is 1.33 bits per heavy atom. The average Bonchev–Trinajstić information content (AvgIpc) is 1.96. The first kappa shape index (κ1) is 23.5. The molecule has 0 aromatic heterocycles. The summed E-state index contributed by atoms with van der Waals surface area (Å²) < 4.78 is 4.82. The van der Waals surface area contributed by atoms with Crippen LogP contribution in [0.1, 0.15) is 13.8 Å². The molecule has 4 nitrogen and oxygen atoms in total. The monoisotopic (exact) mass is 284 g/mol.